The van der Waals surface area contributed by atoms with E-state index in [2.05, 4.69) is 0 Å². The summed E-state index contributed by atoms with van der Waals surface area (Å²) in [5.74, 6) is -2.53. The number of Topliss-reactive ketones (excluding diaryl/α,β-unsaturated/α-hetero) is 1. The number of aromatic hydroxyl groups is 1. The van der Waals surface area contributed by atoms with Gasteiger partial charge in [-0.1, -0.05) is 47.5 Å². The average molecular weight is 662 g/mol. The number of ketones is 2. The van der Waals surface area contributed by atoms with Crippen LogP contribution in [-0.2, 0) is 19.2 Å². The zero-order valence-corrected chi connectivity index (χ0v) is 27.3. The number of hydrogen-bond acceptors (Lipinski definition) is 7. The van der Waals surface area contributed by atoms with Gasteiger partial charge in [-0.2, -0.15) is 0 Å². The van der Waals surface area contributed by atoms with Gasteiger partial charge < -0.3 is 14.6 Å². The number of fused-ring (bicyclic) bond motifs is 3. The van der Waals surface area contributed by atoms with E-state index in [9.17, 15) is 24.3 Å². The predicted molar refractivity (Wildman–Crippen MR) is 182 cm³/mol. The zero-order chi connectivity index (χ0) is 33.9. The number of phenols is 1. The molecule has 1 fully saturated rings. The average Bonchev–Trinajstić information content (AvgIpc) is 3.35. The lowest BCUT2D eigenvalue weighted by Gasteiger charge is -2.42. The van der Waals surface area contributed by atoms with E-state index in [0.29, 0.717) is 44.5 Å². The molecule has 48 heavy (non-hydrogen) atoms. The summed E-state index contributed by atoms with van der Waals surface area (Å²) < 4.78 is 10.8. The van der Waals surface area contributed by atoms with E-state index in [1.807, 2.05) is 48.6 Å². The lowest BCUT2D eigenvalue weighted by Crippen LogP contribution is -2.39. The number of ether oxygens (including phenoxy) is 2. The Morgan fingerprint density at radius 3 is 2.40 bits per heavy atom. The molecule has 0 aromatic heterocycles. The Balaban J connectivity index is 1.21. The molecule has 1 heterocycles. The summed E-state index contributed by atoms with van der Waals surface area (Å²) in [6.07, 6.45) is 7.50. The van der Waals surface area contributed by atoms with E-state index in [-0.39, 0.29) is 42.0 Å². The van der Waals surface area contributed by atoms with Crippen molar-refractivity contribution in [2.45, 2.75) is 25.7 Å². The number of allylic oxidation sites excluding steroid dienone is 6. The molecule has 1 saturated heterocycles. The Kier molecular flexibility index (Phi) is 7.92. The van der Waals surface area contributed by atoms with Gasteiger partial charge in [-0.15, -0.1) is 0 Å². The molecule has 4 atom stereocenters. The maximum absolute atomic E-state index is 14.2. The van der Waals surface area contributed by atoms with E-state index in [4.69, 9.17) is 21.1 Å². The third-order valence-corrected chi connectivity index (χ3v) is 10.1. The molecule has 0 unspecified atom stereocenters. The van der Waals surface area contributed by atoms with Crippen molar-refractivity contribution in [1.29, 1.82) is 0 Å². The number of phenolic OH excluding ortho intramolecular Hbond substituents is 1. The van der Waals surface area contributed by atoms with Crippen LogP contribution in [0.25, 0.3) is 12.2 Å². The number of hydrogen-bond donors (Lipinski definition) is 1. The number of benzene rings is 3. The number of carbonyl (C=O) groups is 4. The molecule has 0 radical (unpaired) electrons. The highest BCUT2D eigenvalue weighted by Crippen LogP contribution is 2.56. The molecule has 3 aromatic rings. The summed E-state index contributed by atoms with van der Waals surface area (Å²) in [6.45, 7) is 1.60. The van der Waals surface area contributed by atoms with Gasteiger partial charge in [0.15, 0.2) is 11.6 Å². The van der Waals surface area contributed by atoms with Crippen LogP contribution < -0.4 is 14.4 Å². The van der Waals surface area contributed by atoms with Crippen LogP contribution in [0.3, 0.4) is 0 Å². The van der Waals surface area contributed by atoms with Crippen LogP contribution >= 0.6 is 11.6 Å². The number of amides is 2. The fourth-order valence-corrected chi connectivity index (χ4v) is 7.80. The molecule has 3 aromatic carbocycles. The summed E-state index contributed by atoms with van der Waals surface area (Å²) >= 11 is 6.36. The SMILES string of the molecule is COc1ccc(OC)c(C=Cc2ccc(N3C(=O)[C@H]4[C@H](CC=C5[C@H](c6cc(Cl)ccc6O)C6=C(C[C@H]54)C(=O)C=C(C)C6=O)C3=O)cc2)c1. The standard InChI is InChI=1S/C39H32ClNO7/c1-20-16-32(43)30-19-28-26(34(36(30)37(20)44)29-18-23(40)8-14-31(29)42)12-13-27-35(28)39(46)41(38(27)45)24-9-5-21(6-10-24)4-7-22-17-25(47-2)11-15-33(22)48-3/h4-12,14-18,27-28,34-35,42H,13,19H2,1-3H3/t27-,28+,34+,35-/m0/s1. The molecule has 3 aliphatic carbocycles. The highest BCUT2D eigenvalue weighted by Gasteiger charge is 2.56. The molecular weight excluding hydrogens is 630 g/mol. The van der Waals surface area contributed by atoms with Crippen molar-refractivity contribution in [1.82, 2.24) is 0 Å². The minimum atomic E-state index is -0.773. The van der Waals surface area contributed by atoms with Crippen molar-refractivity contribution < 1.29 is 33.8 Å². The van der Waals surface area contributed by atoms with Gasteiger partial charge in [0.1, 0.15) is 17.2 Å². The van der Waals surface area contributed by atoms with E-state index < -0.39 is 23.7 Å². The molecule has 8 nitrogen and oxygen atoms in total. The van der Waals surface area contributed by atoms with Gasteiger partial charge in [0, 0.05) is 38.8 Å². The number of nitrogens with zero attached hydrogens (tertiary/aromatic N) is 1. The maximum Gasteiger partial charge on any atom is 0.238 e. The molecule has 0 bridgehead atoms. The topological polar surface area (TPSA) is 110 Å². The molecule has 7 rings (SSSR count). The second-order valence-electron chi connectivity index (χ2n) is 12.5. The molecule has 0 saturated carbocycles. The monoisotopic (exact) mass is 661 g/mol. The predicted octanol–water partition coefficient (Wildman–Crippen LogP) is 6.87. The van der Waals surface area contributed by atoms with E-state index >= 15 is 0 Å². The van der Waals surface area contributed by atoms with Crippen molar-refractivity contribution in [2.24, 2.45) is 17.8 Å². The van der Waals surface area contributed by atoms with Crippen molar-refractivity contribution >= 4 is 52.8 Å². The maximum atomic E-state index is 14.2. The lowest BCUT2D eigenvalue weighted by atomic mass is 9.59. The summed E-state index contributed by atoms with van der Waals surface area (Å²) in [7, 11) is 3.20. The first-order valence-electron chi connectivity index (χ1n) is 15.7. The Morgan fingerprint density at radius 1 is 0.896 bits per heavy atom. The molecule has 1 N–H and O–H groups in total. The van der Waals surface area contributed by atoms with Crippen LogP contribution in [0.2, 0.25) is 5.02 Å². The zero-order valence-electron chi connectivity index (χ0n) is 26.5. The molecule has 9 heteroatoms. The van der Waals surface area contributed by atoms with E-state index in [1.54, 1.807) is 45.4 Å². The molecule has 0 spiro atoms. The number of imide groups is 1. The first kappa shape index (κ1) is 31.4. The van der Waals surface area contributed by atoms with Crippen LogP contribution in [0.15, 0.2) is 95.1 Å². The molecule has 1 aliphatic heterocycles. The number of carbonyl (C=O) groups excluding carboxylic acids is 4. The molecule has 4 aliphatic rings. The van der Waals surface area contributed by atoms with Gasteiger partial charge >= 0.3 is 0 Å². The van der Waals surface area contributed by atoms with Gasteiger partial charge in [0.05, 0.1) is 31.7 Å². The minimum absolute atomic E-state index is 0.0678. The minimum Gasteiger partial charge on any atom is -0.508 e. The number of methoxy groups -OCH3 is 2. The van der Waals surface area contributed by atoms with Gasteiger partial charge in [-0.25, -0.2) is 0 Å². The Labute approximate surface area is 282 Å². The first-order valence-corrected chi connectivity index (χ1v) is 16.1. The second kappa shape index (κ2) is 12.1. The van der Waals surface area contributed by atoms with Crippen molar-refractivity contribution in [2.75, 3.05) is 19.1 Å². The van der Waals surface area contributed by atoms with Gasteiger partial charge in [0.2, 0.25) is 11.8 Å². The van der Waals surface area contributed by atoms with Crippen LogP contribution in [0, 0.1) is 17.8 Å². The van der Waals surface area contributed by atoms with Gasteiger partial charge in [-0.3, -0.25) is 24.1 Å². The Bertz CT molecular complexity index is 2040. The first-order chi connectivity index (χ1) is 23.1. The smallest absolute Gasteiger partial charge is 0.238 e. The van der Waals surface area contributed by atoms with Gasteiger partial charge in [0.25, 0.3) is 0 Å². The van der Waals surface area contributed by atoms with Gasteiger partial charge in [-0.05, 0) is 85.9 Å². The number of rotatable bonds is 6. The normalized spacial score (nSPS) is 23.5. The van der Waals surface area contributed by atoms with Crippen molar-refractivity contribution in [3.8, 4) is 17.2 Å². The quantitative estimate of drug-likeness (QED) is 0.133. The van der Waals surface area contributed by atoms with Crippen LogP contribution in [0.5, 0.6) is 17.2 Å². The second-order valence-corrected chi connectivity index (χ2v) is 12.9. The fraction of sp³-hybridized carbons (Fsp3) is 0.231. The van der Waals surface area contributed by atoms with Crippen molar-refractivity contribution in [3.05, 3.63) is 117 Å². The number of halogens is 1. The highest BCUT2D eigenvalue weighted by molar-refractivity contribution is 6.30. The van der Waals surface area contributed by atoms with E-state index in [0.717, 1.165) is 16.7 Å². The fourth-order valence-electron chi connectivity index (χ4n) is 7.62. The summed E-state index contributed by atoms with van der Waals surface area (Å²) in [4.78, 5) is 56.3. The molecule has 242 valence electrons. The highest BCUT2D eigenvalue weighted by atomic mass is 35.5. The third-order valence-electron chi connectivity index (χ3n) is 9.91. The molecule has 2 amide bonds. The number of anilines is 1. The third kappa shape index (κ3) is 5.08. The Morgan fingerprint density at radius 2 is 1.67 bits per heavy atom. The molecular formula is C39H32ClNO7. The summed E-state index contributed by atoms with van der Waals surface area (Å²) in [5, 5.41) is 11.3. The Hall–Kier alpha value is -5.21. The largest absolute Gasteiger partial charge is 0.508 e. The summed E-state index contributed by atoms with van der Waals surface area (Å²) in [6, 6.07) is 17.3. The summed E-state index contributed by atoms with van der Waals surface area (Å²) in [5.41, 5.74) is 4.23. The van der Waals surface area contributed by atoms with Crippen LogP contribution in [-0.4, -0.2) is 42.7 Å². The lowest BCUT2D eigenvalue weighted by molar-refractivity contribution is -0.123. The van der Waals surface area contributed by atoms with E-state index in [1.165, 1.54) is 17.0 Å². The van der Waals surface area contributed by atoms with Crippen molar-refractivity contribution in [3.63, 3.8) is 0 Å². The van der Waals surface area contributed by atoms with Crippen LogP contribution in [0.1, 0.15) is 42.4 Å². The van der Waals surface area contributed by atoms with Crippen LogP contribution in [0.4, 0.5) is 5.69 Å².